The summed E-state index contributed by atoms with van der Waals surface area (Å²) in [4.78, 5) is 0. The van der Waals surface area contributed by atoms with Gasteiger partial charge in [0.15, 0.2) is 0 Å². The zero-order chi connectivity index (χ0) is 11.4. The van der Waals surface area contributed by atoms with Gasteiger partial charge in [0.25, 0.3) is 0 Å². The van der Waals surface area contributed by atoms with Crippen LogP contribution in [0.25, 0.3) is 0 Å². The summed E-state index contributed by atoms with van der Waals surface area (Å²) in [5.41, 5.74) is 7.79. The zero-order valence-electron chi connectivity index (χ0n) is 9.26. The van der Waals surface area contributed by atoms with Crippen LogP contribution >= 0.6 is 0 Å². The van der Waals surface area contributed by atoms with Crippen molar-refractivity contribution in [2.45, 2.75) is 13.1 Å². The maximum atomic E-state index is 5.61. The summed E-state index contributed by atoms with van der Waals surface area (Å²) in [6, 6.07) is 7.96. The third-order valence-corrected chi connectivity index (χ3v) is 2.48. The summed E-state index contributed by atoms with van der Waals surface area (Å²) in [6.45, 7) is 1.24. The van der Waals surface area contributed by atoms with Gasteiger partial charge in [-0.15, -0.1) is 0 Å². The Hall–Kier alpha value is -1.81. The molecule has 16 heavy (non-hydrogen) atoms. The van der Waals surface area contributed by atoms with Gasteiger partial charge in [-0.2, -0.15) is 5.10 Å². The Morgan fingerprint density at radius 3 is 2.94 bits per heavy atom. The second-order valence-electron chi connectivity index (χ2n) is 3.55. The number of nitrogens with two attached hydrogens (primary N) is 1. The molecule has 0 bridgehead atoms. The van der Waals surface area contributed by atoms with Crippen molar-refractivity contribution in [1.82, 2.24) is 9.78 Å². The van der Waals surface area contributed by atoms with Crippen LogP contribution in [0.4, 0.5) is 0 Å². The summed E-state index contributed by atoms with van der Waals surface area (Å²) in [7, 11) is 1.66. The van der Waals surface area contributed by atoms with Crippen LogP contribution in [0.2, 0.25) is 0 Å². The normalized spacial score (nSPS) is 10.4. The molecule has 84 valence electrons. The SMILES string of the molecule is COc1cc(Cn2cccn2)ccc1CN. The molecule has 2 aromatic rings. The molecule has 0 amide bonds. The van der Waals surface area contributed by atoms with Gasteiger partial charge in [-0.3, -0.25) is 4.68 Å². The summed E-state index contributed by atoms with van der Waals surface area (Å²) < 4.78 is 7.16. The lowest BCUT2D eigenvalue weighted by Gasteiger charge is -2.09. The number of hydrogen-bond donors (Lipinski definition) is 1. The predicted molar refractivity (Wildman–Crippen MR) is 62.2 cm³/mol. The Morgan fingerprint density at radius 2 is 2.31 bits per heavy atom. The van der Waals surface area contributed by atoms with Crippen LogP contribution in [-0.2, 0) is 13.1 Å². The number of aromatic nitrogens is 2. The molecule has 2 N–H and O–H groups in total. The van der Waals surface area contributed by atoms with Crippen LogP contribution in [0.1, 0.15) is 11.1 Å². The van der Waals surface area contributed by atoms with Gasteiger partial charge in [0, 0.05) is 24.5 Å². The van der Waals surface area contributed by atoms with Crippen molar-refractivity contribution >= 4 is 0 Å². The largest absolute Gasteiger partial charge is 0.496 e. The van der Waals surface area contributed by atoms with Crippen molar-refractivity contribution in [3.63, 3.8) is 0 Å². The smallest absolute Gasteiger partial charge is 0.123 e. The quantitative estimate of drug-likeness (QED) is 0.842. The molecule has 0 saturated heterocycles. The van der Waals surface area contributed by atoms with Gasteiger partial charge in [-0.1, -0.05) is 12.1 Å². The van der Waals surface area contributed by atoms with Gasteiger partial charge in [-0.25, -0.2) is 0 Å². The third kappa shape index (κ3) is 2.23. The van der Waals surface area contributed by atoms with E-state index in [0.29, 0.717) is 6.54 Å². The van der Waals surface area contributed by atoms with E-state index >= 15 is 0 Å². The lowest BCUT2D eigenvalue weighted by atomic mass is 10.1. The fourth-order valence-electron chi connectivity index (χ4n) is 1.64. The Labute approximate surface area is 94.6 Å². The van der Waals surface area contributed by atoms with Crippen LogP contribution in [-0.4, -0.2) is 16.9 Å². The van der Waals surface area contributed by atoms with E-state index in [0.717, 1.165) is 23.4 Å². The molecule has 0 aliphatic rings. The van der Waals surface area contributed by atoms with E-state index in [-0.39, 0.29) is 0 Å². The lowest BCUT2D eigenvalue weighted by Crippen LogP contribution is -2.03. The number of ether oxygens (including phenoxy) is 1. The van der Waals surface area contributed by atoms with E-state index in [9.17, 15) is 0 Å². The lowest BCUT2D eigenvalue weighted by molar-refractivity contribution is 0.409. The summed E-state index contributed by atoms with van der Waals surface area (Å²) in [5.74, 6) is 0.840. The minimum atomic E-state index is 0.491. The molecule has 0 radical (unpaired) electrons. The second kappa shape index (κ2) is 4.81. The van der Waals surface area contributed by atoms with Crippen LogP contribution in [0, 0.1) is 0 Å². The van der Waals surface area contributed by atoms with Crippen molar-refractivity contribution < 1.29 is 4.74 Å². The number of methoxy groups -OCH3 is 1. The first-order valence-corrected chi connectivity index (χ1v) is 5.17. The van der Waals surface area contributed by atoms with Gasteiger partial charge >= 0.3 is 0 Å². The van der Waals surface area contributed by atoms with Crippen molar-refractivity contribution in [2.75, 3.05) is 7.11 Å². The highest BCUT2D eigenvalue weighted by Crippen LogP contribution is 2.20. The monoisotopic (exact) mass is 217 g/mol. The van der Waals surface area contributed by atoms with Crippen molar-refractivity contribution in [2.24, 2.45) is 5.73 Å². The van der Waals surface area contributed by atoms with Crippen LogP contribution < -0.4 is 10.5 Å². The van der Waals surface area contributed by atoms with Crippen LogP contribution in [0.5, 0.6) is 5.75 Å². The maximum Gasteiger partial charge on any atom is 0.123 e. The molecule has 0 spiro atoms. The van der Waals surface area contributed by atoms with E-state index in [1.54, 1.807) is 13.3 Å². The van der Waals surface area contributed by atoms with Crippen LogP contribution in [0.15, 0.2) is 36.7 Å². The molecule has 0 unspecified atom stereocenters. The zero-order valence-corrected chi connectivity index (χ0v) is 9.26. The first-order chi connectivity index (χ1) is 7.83. The van der Waals surface area contributed by atoms with Crippen LogP contribution in [0.3, 0.4) is 0 Å². The Morgan fingerprint density at radius 1 is 1.44 bits per heavy atom. The van der Waals surface area contributed by atoms with Gasteiger partial charge in [-0.05, 0) is 17.7 Å². The molecule has 4 nitrogen and oxygen atoms in total. The number of hydrogen-bond acceptors (Lipinski definition) is 3. The number of benzene rings is 1. The number of rotatable bonds is 4. The molecule has 1 aromatic heterocycles. The topological polar surface area (TPSA) is 53.1 Å². The molecule has 0 saturated carbocycles. The van der Waals surface area contributed by atoms with Crippen molar-refractivity contribution in [3.05, 3.63) is 47.8 Å². The van der Waals surface area contributed by atoms with E-state index in [1.807, 2.05) is 35.1 Å². The van der Waals surface area contributed by atoms with Gasteiger partial charge in [0.05, 0.1) is 13.7 Å². The Balaban J connectivity index is 2.22. The van der Waals surface area contributed by atoms with E-state index in [2.05, 4.69) is 5.10 Å². The molecule has 1 heterocycles. The van der Waals surface area contributed by atoms with E-state index in [4.69, 9.17) is 10.5 Å². The summed E-state index contributed by atoms with van der Waals surface area (Å²) in [6.07, 6.45) is 3.70. The number of nitrogens with zero attached hydrogens (tertiary/aromatic N) is 2. The van der Waals surface area contributed by atoms with Crippen molar-refractivity contribution in [1.29, 1.82) is 0 Å². The second-order valence-corrected chi connectivity index (χ2v) is 3.55. The Bertz CT molecular complexity index is 451. The van der Waals surface area contributed by atoms with Gasteiger partial charge in [0.2, 0.25) is 0 Å². The summed E-state index contributed by atoms with van der Waals surface area (Å²) >= 11 is 0. The fourth-order valence-corrected chi connectivity index (χ4v) is 1.64. The molecular formula is C12H15N3O. The molecule has 4 heteroatoms. The van der Waals surface area contributed by atoms with Gasteiger partial charge < -0.3 is 10.5 Å². The molecule has 0 aliphatic heterocycles. The third-order valence-electron chi connectivity index (χ3n) is 2.48. The molecule has 2 rings (SSSR count). The summed E-state index contributed by atoms with van der Waals surface area (Å²) in [5, 5.41) is 4.16. The fraction of sp³-hybridized carbons (Fsp3) is 0.250. The highest BCUT2D eigenvalue weighted by Gasteiger charge is 2.03. The van der Waals surface area contributed by atoms with Crippen molar-refractivity contribution in [3.8, 4) is 5.75 Å². The molecule has 0 fully saturated rings. The molecular weight excluding hydrogens is 202 g/mol. The first kappa shape index (κ1) is 10.7. The van der Waals surface area contributed by atoms with E-state index < -0.39 is 0 Å². The molecule has 0 atom stereocenters. The highest BCUT2D eigenvalue weighted by atomic mass is 16.5. The Kier molecular flexibility index (Phi) is 3.22. The average Bonchev–Trinajstić information content (AvgIpc) is 2.81. The predicted octanol–water partition coefficient (Wildman–Crippen LogP) is 1.40. The van der Waals surface area contributed by atoms with E-state index in [1.165, 1.54) is 0 Å². The highest BCUT2D eigenvalue weighted by molar-refractivity contribution is 5.37. The standard InChI is InChI=1S/C12H15N3O/c1-16-12-7-10(3-4-11(12)8-13)9-15-6-2-5-14-15/h2-7H,8-9,13H2,1H3. The minimum Gasteiger partial charge on any atom is -0.496 e. The van der Waals surface area contributed by atoms with Gasteiger partial charge in [0.1, 0.15) is 5.75 Å². The molecule has 1 aromatic carbocycles. The first-order valence-electron chi connectivity index (χ1n) is 5.17. The average molecular weight is 217 g/mol. The maximum absolute atomic E-state index is 5.61. The molecule has 0 aliphatic carbocycles. The minimum absolute atomic E-state index is 0.491.